The van der Waals surface area contributed by atoms with E-state index in [2.05, 4.69) is 24.2 Å². The normalized spacial score (nSPS) is 26.9. The van der Waals surface area contributed by atoms with Gasteiger partial charge in [0.15, 0.2) is 0 Å². The minimum atomic E-state index is 0.0108. The molecule has 0 bridgehead atoms. The minimum absolute atomic E-state index is 0.0108. The SMILES string of the molecule is COc1ccccc1PCCP1CCC(N=O)C1C. The first-order chi connectivity index (χ1) is 9.26. The molecular weight excluding hydrogens is 276 g/mol. The summed E-state index contributed by atoms with van der Waals surface area (Å²) < 4.78 is 5.38. The van der Waals surface area contributed by atoms with Gasteiger partial charge < -0.3 is 4.74 Å². The first kappa shape index (κ1) is 14.9. The average Bonchev–Trinajstić information content (AvgIpc) is 2.80. The molecule has 1 aromatic rings. The lowest BCUT2D eigenvalue weighted by Gasteiger charge is -2.17. The Morgan fingerprint density at radius 3 is 2.95 bits per heavy atom. The zero-order valence-corrected chi connectivity index (χ0v) is 13.4. The lowest BCUT2D eigenvalue weighted by molar-refractivity contribution is 0.418. The summed E-state index contributed by atoms with van der Waals surface area (Å²) in [7, 11) is 2.54. The molecule has 0 amide bonds. The van der Waals surface area contributed by atoms with Crippen LogP contribution in [0.3, 0.4) is 0 Å². The van der Waals surface area contributed by atoms with Crippen molar-refractivity contribution in [2.75, 3.05) is 25.6 Å². The van der Waals surface area contributed by atoms with Crippen molar-refractivity contribution in [3.05, 3.63) is 29.2 Å². The van der Waals surface area contributed by atoms with E-state index in [0.29, 0.717) is 5.66 Å². The Morgan fingerprint density at radius 1 is 1.47 bits per heavy atom. The zero-order valence-electron chi connectivity index (χ0n) is 11.5. The lowest BCUT2D eigenvalue weighted by atomic mass is 10.2. The highest BCUT2D eigenvalue weighted by Gasteiger charge is 2.32. The van der Waals surface area contributed by atoms with E-state index in [1.807, 2.05) is 12.1 Å². The van der Waals surface area contributed by atoms with E-state index in [1.165, 1.54) is 23.8 Å². The number of hydrogen-bond acceptors (Lipinski definition) is 3. The largest absolute Gasteiger partial charge is 0.496 e. The number of methoxy groups -OCH3 is 1. The minimum Gasteiger partial charge on any atom is -0.496 e. The van der Waals surface area contributed by atoms with Crippen LogP contribution in [0.4, 0.5) is 0 Å². The molecule has 0 N–H and O–H groups in total. The quantitative estimate of drug-likeness (QED) is 0.596. The van der Waals surface area contributed by atoms with Crippen LogP contribution in [0.5, 0.6) is 5.75 Å². The number of hydrogen-bond donors (Lipinski definition) is 0. The Hall–Kier alpha value is -0.520. The third-order valence-corrected chi connectivity index (χ3v) is 8.64. The van der Waals surface area contributed by atoms with E-state index < -0.39 is 0 Å². The van der Waals surface area contributed by atoms with Crippen LogP contribution < -0.4 is 10.0 Å². The van der Waals surface area contributed by atoms with Gasteiger partial charge in [0.2, 0.25) is 0 Å². The fourth-order valence-corrected chi connectivity index (χ4v) is 7.33. The summed E-state index contributed by atoms with van der Waals surface area (Å²) in [5.74, 6) is 1.00. The summed E-state index contributed by atoms with van der Waals surface area (Å²) in [5.41, 5.74) is 0.523. The van der Waals surface area contributed by atoms with Crippen LogP contribution in [-0.2, 0) is 0 Å². The van der Waals surface area contributed by atoms with Crippen molar-refractivity contribution in [3.63, 3.8) is 0 Å². The maximum atomic E-state index is 10.7. The smallest absolute Gasteiger partial charge is 0.126 e. The molecule has 0 aromatic heterocycles. The van der Waals surface area contributed by atoms with Gasteiger partial charge in [-0.2, -0.15) is 4.91 Å². The summed E-state index contributed by atoms with van der Waals surface area (Å²) in [4.78, 5) is 10.7. The topological polar surface area (TPSA) is 38.7 Å². The van der Waals surface area contributed by atoms with Crippen LogP contribution in [-0.4, -0.2) is 37.3 Å². The van der Waals surface area contributed by atoms with Gasteiger partial charge in [-0.25, -0.2) is 0 Å². The zero-order chi connectivity index (χ0) is 13.7. The molecule has 0 saturated carbocycles. The van der Waals surface area contributed by atoms with Crippen molar-refractivity contribution in [1.82, 2.24) is 0 Å². The molecule has 104 valence electrons. The highest BCUT2D eigenvalue weighted by atomic mass is 31.1. The Labute approximate surface area is 118 Å². The van der Waals surface area contributed by atoms with Gasteiger partial charge in [0.25, 0.3) is 0 Å². The molecule has 4 atom stereocenters. The van der Waals surface area contributed by atoms with Crippen LogP contribution in [0, 0.1) is 4.91 Å². The molecule has 19 heavy (non-hydrogen) atoms. The van der Waals surface area contributed by atoms with Crippen LogP contribution >= 0.6 is 16.5 Å². The highest BCUT2D eigenvalue weighted by Crippen LogP contribution is 2.51. The summed E-state index contributed by atoms with van der Waals surface area (Å²) in [6.07, 6.45) is 4.71. The average molecular weight is 297 g/mol. The molecule has 2 rings (SSSR count). The fraction of sp³-hybridized carbons (Fsp3) is 0.571. The van der Waals surface area contributed by atoms with Gasteiger partial charge in [0, 0.05) is 11.0 Å². The lowest BCUT2D eigenvalue weighted by Crippen LogP contribution is -2.12. The number of benzene rings is 1. The van der Waals surface area contributed by atoms with Gasteiger partial charge in [-0.3, -0.25) is 0 Å². The first-order valence-electron chi connectivity index (χ1n) is 6.69. The van der Waals surface area contributed by atoms with Crippen LogP contribution in [0.1, 0.15) is 13.3 Å². The molecule has 1 aliphatic rings. The monoisotopic (exact) mass is 297 g/mol. The molecule has 0 radical (unpaired) electrons. The van der Waals surface area contributed by atoms with E-state index in [4.69, 9.17) is 4.74 Å². The van der Waals surface area contributed by atoms with Crippen LogP contribution in [0.2, 0.25) is 0 Å². The molecule has 1 saturated heterocycles. The first-order valence-corrected chi connectivity index (χ1v) is 9.68. The van der Waals surface area contributed by atoms with Crippen molar-refractivity contribution >= 4 is 21.8 Å². The molecule has 1 aromatic carbocycles. The molecule has 1 heterocycles. The van der Waals surface area contributed by atoms with Gasteiger partial charge in [-0.1, -0.05) is 38.9 Å². The number of nitrogens with zero attached hydrogens (tertiary/aromatic N) is 1. The molecule has 3 nitrogen and oxygen atoms in total. The van der Waals surface area contributed by atoms with E-state index in [1.54, 1.807) is 7.11 Å². The second-order valence-electron chi connectivity index (χ2n) is 4.87. The van der Waals surface area contributed by atoms with Gasteiger partial charge in [0.05, 0.1) is 13.2 Å². The number of para-hydroxylation sites is 1. The van der Waals surface area contributed by atoms with E-state index in [9.17, 15) is 4.91 Å². The number of rotatable bonds is 6. The molecule has 0 aliphatic carbocycles. The number of ether oxygens (including phenoxy) is 1. The van der Waals surface area contributed by atoms with Crippen molar-refractivity contribution in [2.24, 2.45) is 5.18 Å². The van der Waals surface area contributed by atoms with Gasteiger partial charge in [0.1, 0.15) is 5.75 Å². The standard InChI is InChI=1S/C14H21NO2P2/c1-11-12(15-16)7-9-19(11)10-8-18-14-6-4-3-5-13(14)17-2/h3-6,11-12,18H,7-10H2,1-2H3. The van der Waals surface area contributed by atoms with Gasteiger partial charge >= 0.3 is 0 Å². The summed E-state index contributed by atoms with van der Waals surface area (Å²) in [5, 5.41) is 4.58. The molecule has 1 fully saturated rings. The Balaban J connectivity index is 1.82. The predicted octanol–water partition coefficient (Wildman–Crippen LogP) is 3.41. The number of nitroso groups, excluding NO2 is 1. The van der Waals surface area contributed by atoms with Crippen molar-refractivity contribution in [1.29, 1.82) is 0 Å². The van der Waals surface area contributed by atoms with Crippen molar-refractivity contribution in [3.8, 4) is 5.75 Å². The molecule has 5 heteroatoms. The van der Waals surface area contributed by atoms with E-state index in [-0.39, 0.29) is 14.0 Å². The van der Waals surface area contributed by atoms with E-state index in [0.717, 1.165) is 20.8 Å². The molecular formula is C14H21NO2P2. The second-order valence-corrected chi connectivity index (χ2v) is 9.14. The molecule has 0 spiro atoms. The van der Waals surface area contributed by atoms with Crippen LogP contribution in [0.25, 0.3) is 0 Å². The third kappa shape index (κ3) is 3.74. The van der Waals surface area contributed by atoms with Crippen molar-refractivity contribution in [2.45, 2.75) is 25.0 Å². The van der Waals surface area contributed by atoms with Gasteiger partial charge in [-0.05, 0) is 31.0 Å². The van der Waals surface area contributed by atoms with E-state index >= 15 is 0 Å². The Morgan fingerprint density at radius 2 is 2.26 bits per heavy atom. The maximum Gasteiger partial charge on any atom is 0.126 e. The Bertz CT molecular complexity index is 428. The highest BCUT2D eigenvalue weighted by molar-refractivity contribution is 7.60. The third-order valence-electron chi connectivity index (χ3n) is 3.80. The second kappa shape index (κ2) is 7.31. The summed E-state index contributed by atoms with van der Waals surface area (Å²) in [6.45, 7) is 2.21. The summed E-state index contributed by atoms with van der Waals surface area (Å²) in [6, 6.07) is 8.34. The predicted molar refractivity (Wildman–Crippen MR) is 86.1 cm³/mol. The van der Waals surface area contributed by atoms with Crippen molar-refractivity contribution < 1.29 is 4.74 Å². The summed E-state index contributed by atoms with van der Waals surface area (Å²) >= 11 is 0. The fourth-order valence-electron chi connectivity index (χ4n) is 2.57. The Kier molecular flexibility index (Phi) is 5.73. The van der Waals surface area contributed by atoms with Crippen LogP contribution in [0.15, 0.2) is 29.4 Å². The van der Waals surface area contributed by atoms with Gasteiger partial charge in [-0.15, -0.1) is 7.92 Å². The molecule has 4 unspecified atom stereocenters. The maximum absolute atomic E-state index is 10.7. The molecule has 1 aliphatic heterocycles.